The molecule has 0 atom stereocenters. The van der Waals surface area contributed by atoms with Crippen LogP contribution in [0.15, 0.2) is 17.4 Å². The van der Waals surface area contributed by atoms with Gasteiger partial charge in [0.25, 0.3) is 0 Å². The fraction of sp³-hybridized carbons (Fsp3) is 0.688. The summed E-state index contributed by atoms with van der Waals surface area (Å²) in [5, 5.41) is 7.56. The van der Waals surface area contributed by atoms with Crippen molar-refractivity contribution in [3.8, 4) is 0 Å². The van der Waals surface area contributed by atoms with Gasteiger partial charge in [-0.1, -0.05) is 0 Å². The maximum absolute atomic E-state index is 12.5. The molecule has 3 rings (SSSR count). The third kappa shape index (κ3) is 3.87. The Labute approximate surface area is 142 Å². The number of rotatable bonds is 3. The summed E-state index contributed by atoms with van der Waals surface area (Å²) >= 11 is 0. The maximum Gasteiger partial charge on any atom is 0.246 e. The lowest BCUT2D eigenvalue weighted by molar-refractivity contribution is -0.120. The van der Waals surface area contributed by atoms with E-state index in [1.54, 1.807) is 22.8 Å². The minimum Gasteiger partial charge on any atom is -0.381 e. The van der Waals surface area contributed by atoms with Gasteiger partial charge in [-0.3, -0.25) is 14.5 Å². The van der Waals surface area contributed by atoms with Gasteiger partial charge >= 0.3 is 0 Å². The van der Waals surface area contributed by atoms with Gasteiger partial charge in [0.15, 0.2) is 5.96 Å². The van der Waals surface area contributed by atoms with E-state index in [0.717, 1.165) is 50.8 Å². The first-order valence-corrected chi connectivity index (χ1v) is 8.49. The van der Waals surface area contributed by atoms with E-state index in [1.165, 1.54) is 0 Å². The van der Waals surface area contributed by atoms with Crippen LogP contribution < -0.4 is 10.2 Å². The highest BCUT2D eigenvalue weighted by atomic mass is 16.5. The third-order valence-corrected chi connectivity index (χ3v) is 4.62. The van der Waals surface area contributed by atoms with Crippen LogP contribution in [0.25, 0.3) is 0 Å². The van der Waals surface area contributed by atoms with Crippen molar-refractivity contribution < 1.29 is 9.53 Å². The van der Waals surface area contributed by atoms with E-state index in [1.807, 2.05) is 18.1 Å². The van der Waals surface area contributed by atoms with Crippen molar-refractivity contribution in [1.29, 1.82) is 0 Å². The summed E-state index contributed by atoms with van der Waals surface area (Å²) in [5.41, 5.74) is 0.854. The summed E-state index contributed by atoms with van der Waals surface area (Å²) in [4.78, 5) is 20.6. The first kappa shape index (κ1) is 16.8. The number of aromatic nitrogens is 2. The number of nitrogens with zero attached hydrogens (tertiary/aromatic N) is 5. The van der Waals surface area contributed by atoms with Crippen molar-refractivity contribution in [1.82, 2.24) is 20.0 Å². The van der Waals surface area contributed by atoms with Gasteiger partial charge in [0.2, 0.25) is 5.91 Å². The van der Waals surface area contributed by atoms with E-state index in [-0.39, 0.29) is 5.91 Å². The molecule has 1 N–H and O–H groups in total. The second kappa shape index (κ2) is 7.65. The Hall–Kier alpha value is -2.09. The average Bonchev–Trinajstić information content (AvgIpc) is 3.02. The van der Waals surface area contributed by atoms with E-state index < -0.39 is 0 Å². The monoisotopic (exact) mass is 334 g/mol. The van der Waals surface area contributed by atoms with Crippen LogP contribution in [0.5, 0.6) is 0 Å². The summed E-state index contributed by atoms with van der Waals surface area (Å²) in [6.45, 7) is 4.30. The summed E-state index contributed by atoms with van der Waals surface area (Å²) in [7, 11) is 3.62. The number of aryl methyl sites for hydroxylation is 1. The van der Waals surface area contributed by atoms with Crippen LogP contribution in [0.4, 0.5) is 5.69 Å². The molecule has 1 amide bonds. The van der Waals surface area contributed by atoms with E-state index in [9.17, 15) is 4.79 Å². The molecule has 2 aliphatic heterocycles. The number of guanidine groups is 1. The molecule has 24 heavy (non-hydrogen) atoms. The fourth-order valence-corrected chi connectivity index (χ4v) is 3.19. The molecule has 132 valence electrons. The van der Waals surface area contributed by atoms with Crippen LogP contribution >= 0.6 is 0 Å². The molecule has 0 unspecified atom stereocenters. The number of nitrogens with one attached hydrogen (secondary N) is 1. The van der Waals surface area contributed by atoms with Gasteiger partial charge in [0.05, 0.1) is 11.9 Å². The topological polar surface area (TPSA) is 75.0 Å². The minimum atomic E-state index is 0.0725. The number of anilines is 1. The molecular formula is C16H26N6O2. The Bertz CT molecular complexity index is 593. The van der Waals surface area contributed by atoms with Crippen molar-refractivity contribution in [2.45, 2.75) is 12.8 Å². The molecule has 2 aliphatic rings. The number of piperazine rings is 1. The summed E-state index contributed by atoms with van der Waals surface area (Å²) in [6.07, 6.45) is 5.76. The lowest BCUT2D eigenvalue weighted by atomic mass is 10.0. The van der Waals surface area contributed by atoms with E-state index in [0.29, 0.717) is 19.0 Å². The molecule has 0 bridgehead atoms. The predicted molar refractivity (Wildman–Crippen MR) is 92.0 cm³/mol. The highest BCUT2D eigenvalue weighted by Gasteiger charge is 2.28. The van der Waals surface area contributed by atoms with Crippen LogP contribution in [0.1, 0.15) is 12.8 Å². The van der Waals surface area contributed by atoms with Crippen molar-refractivity contribution in [2.75, 3.05) is 51.3 Å². The second-order valence-corrected chi connectivity index (χ2v) is 6.32. The number of amides is 1. The number of ether oxygens (including phenoxy) is 1. The third-order valence-electron chi connectivity index (χ3n) is 4.62. The predicted octanol–water partition coefficient (Wildman–Crippen LogP) is 0.0707. The molecule has 8 heteroatoms. The molecule has 0 radical (unpaired) electrons. The van der Waals surface area contributed by atoms with Gasteiger partial charge in [0.1, 0.15) is 6.54 Å². The quantitative estimate of drug-likeness (QED) is 0.625. The van der Waals surface area contributed by atoms with Crippen LogP contribution in [0.3, 0.4) is 0 Å². The molecule has 3 heterocycles. The molecule has 0 spiro atoms. The highest BCUT2D eigenvalue weighted by molar-refractivity contribution is 5.98. The maximum atomic E-state index is 12.5. The van der Waals surface area contributed by atoms with Gasteiger partial charge in [-0.2, -0.15) is 5.10 Å². The molecule has 0 aromatic carbocycles. The van der Waals surface area contributed by atoms with Crippen LogP contribution in [0, 0.1) is 5.92 Å². The Morgan fingerprint density at radius 3 is 2.83 bits per heavy atom. The molecular weight excluding hydrogens is 308 g/mol. The van der Waals surface area contributed by atoms with Gasteiger partial charge in [-0.25, -0.2) is 0 Å². The molecule has 1 aromatic rings. The Balaban J connectivity index is 1.54. The Morgan fingerprint density at radius 1 is 1.42 bits per heavy atom. The summed E-state index contributed by atoms with van der Waals surface area (Å²) in [6, 6.07) is 0. The standard InChI is InChI=1S/C16H26N6O2/c1-17-16(18-9-13-3-7-24-8-4-13)21-5-6-22(15(23)12-21)14-10-19-20(2)11-14/h10-11,13H,3-9,12H2,1-2H3,(H,17,18). The number of carbonyl (C=O) groups is 1. The van der Waals surface area contributed by atoms with Gasteiger partial charge < -0.3 is 19.9 Å². The number of carbonyl (C=O) groups excluding carboxylic acids is 1. The Morgan fingerprint density at radius 2 is 2.21 bits per heavy atom. The normalized spacial score (nSPS) is 20.6. The van der Waals surface area contributed by atoms with E-state index in [2.05, 4.69) is 15.4 Å². The smallest absolute Gasteiger partial charge is 0.246 e. The molecule has 1 aromatic heterocycles. The van der Waals surface area contributed by atoms with Crippen LogP contribution in [0.2, 0.25) is 0 Å². The van der Waals surface area contributed by atoms with Crippen molar-refractivity contribution in [3.63, 3.8) is 0 Å². The first-order chi connectivity index (χ1) is 11.7. The summed E-state index contributed by atoms with van der Waals surface area (Å²) < 4.78 is 7.11. The van der Waals surface area contributed by atoms with Crippen LogP contribution in [-0.4, -0.2) is 73.0 Å². The SMILES string of the molecule is CN=C(NCC1CCOCC1)N1CCN(c2cnn(C)c2)C(=O)C1. The molecule has 2 fully saturated rings. The van der Waals surface area contributed by atoms with Crippen LogP contribution in [-0.2, 0) is 16.6 Å². The number of hydrogen-bond donors (Lipinski definition) is 1. The fourth-order valence-electron chi connectivity index (χ4n) is 3.19. The second-order valence-electron chi connectivity index (χ2n) is 6.32. The van der Waals surface area contributed by atoms with E-state index >= 15 is 0 Å². The minimum absolute atomic E-state index is 0.0725. The Kier molecular flexibility index (Phi) is 5.34. The molecule has 0 aliphatic carbocycles. The zero-order valence-corrected chi connectivity index (χ0v) is 14.4. The molecule has 0 saturated carbocycles. The molecule has 2 saturated heterocycles. The average molecular weight is 334 g/mol. The zero-order chi connectivity index (χ0) is 16.9. The molecule has 8 nitrogen and oxygen atoms in total. The summed E-state index contributed by atoms with van der Waals surface area (Å²) in [5.74, 6) is 1.49. The van der Waals surface area contributed by atoms with Gasteiger partial charge in [-0.15, -0.1) is 0 Å². The first-order valence-electron chi connectivity index (χ1n) is 8.49. The van der Waals surface area contributed by atoms with Crippen molar-refractivity contribution in [3.05, 3.63) is 12.4 Å². The lowest BCUT2D eigenvalue weighted by Crippen LogP contribution is -2.55. The van der Waals surface area contributed by atoms with Gasteiger partial charge in [-0.05, 0) is 18.8 Å². The highest BCUT2D eigenvalue weighted by Crippen LogP contribution is 2.17. The zero-order valence-electron chi connectivity index (χ0n) is 14.4. The van der Waals surface area contributed by atoms with E-state index in [4.69, 9.17) is 4.74 Å². The largest absolute Gasteiger partial charge is 0.381 e. The van der Waals surface area contributed by atoms with Crippen molar-refractivity contribution >= 4 is 17.6 Å². The number of hydrogen-bond acceptors (Lipinski definition) is 4. The van der Waals surface area contributed by atoms with Crippen molar-refractivity contribution in [2.24, 2.45) is 18.0 Å². The number of aliphatic imine (C=N–C) groups is 1. The van der Waals surface area contributed by atoms with Gasteiger partial charge in [0, 0.05) is 53.1 Å². The lowest BCUT2D eigenvalue weighted by Gasteiger charge is -2.36.